The molecule has 0 aliphatic rings. The number of carbonyl (C=O) groups is 1. The van der Waals surface area contributed by atoms with Gasteiger partial charge in [-0.15, -0.1) is 0 Å². The van der Waals surface area contributed by atoms with Crippen LogP contribution in [0, 0.1) is 0 Å². The van der Waals surface area contributed by atoms with Gasteiger partial charge in [0, 0.05) is 6.54 Å². The Hall–Kier alpha value is -3.01. The van der Waals surface area contributed by atoms with Gasteiger partial charge in [-0.25, -0.2) is 4.79 Å². The Balaban J connectivity index is 1.68. The van der Waals surface area contributed by atoms with E-state index in [1.165, 1.54) is 0 Å². The first-order chi connectivity index (χ1) is 11.8. The van der Waals surface area contributed by atoms with E-state index >= 15 is 0 Å². The fourth-order valence-corrected chi connectivity index (χ4v) is 1.94. The highest BCUT2D eigenvalue weighted by Crippen LogP contribution is 2.13. The summed E-state index contributed by atoms with van der Waals surface area (Å²) in [6.07, 6.45) is 5.06. The van der Waals surface area contributed by atoms with Crippen LogP contribution >= 0.6 is 0 Å². The van der Waals surface area contributed by atoms with Gasteiger partial charge in [-0.05, 0) is 23.3 Å². The topological polar surface area (TPSA) is 47.6 Å². The lowest BCUT2D eigenvalue weighted by atomic mass is 10.2. The largest absolute Gasteiger partial charge is 0.490 e. The number of hydrogen-bond acceptors (Lipinski definition) is 3. The third-order valence-electron chi connectivity index (χ3n) is 3.14. The predicted molar refractivity (Wildman–Crippen MR) is 95.8 cm³/mol. The van der Waals surface area contributed by atoms with Crippen LogP contribution in [0.25, 0.3) is 6.08 Å². The van der Waals surface area contributed by atoms with Crippen LogP contribution in [0.3, 0.4) is 0 Å². The van der Waals surface area contributed by atoms with E-state index in [1.807, 2.05) is 66.7 Å². The van der Waals surface area contributed by atoms with E-state index in [4.69, 9.17) is 9.47 Å². The van der Waals surface area contributed by atoms with Gasteiger partial charge in [0.2, 0.25) is 0 Å². The number of hydrogen-bond donors (Lipinski definition) is 1. The van der Waals surface area contributed by atoms with Gasteiger partial charge in [-0.2, -0.15) is 0 Å². The Labute approximate surface area is 142 Å². The van der Waals surface area contributed by atoms with E-state index in [-0.39, 0.29) is 6.61 Å². The van der Waals surface area contributed by atoms with Crippen LogP contribution < -0.4 is 10.1 Å². The van der Waals surface area contributed by atoms with E-state index in [0.717, 1.165) is 16.9 Å². The number of benzene rings is 2. The monoisotopic (exact) mass is 323 g/mol. The highest BCUT2D eigenvalue weighted by atomic mass is 16.5. The van der Waals surface area contributed by atoms with Crippen LogP contribution in [0.5, 0.6) is 5.75 Å². The first-order valence-electron chi connectivity index (χ1n) is 7.73. The van der Waals surface area contributed by atoms with Crippen molar-refractivity contribution in [1.82, 2.24) is 5.32 Å². The summed E-state index contributed by atoms with van der Waals surface area (Å²) in [4.78, 5) is 11.6. The van der Waals surface area contributed by atoms with Crippen LogP contribution in [-0.4, -0.2) is 19.2 Å². The molecule has 0 saturated heterocycles. The molecule has 0 bridgehead atoms. The molecule has 0 heterocycles. The summed E-state index contributed by atoms with van der Waals surface area (Å²) in [5, 5.41) is 2.68. The lowest BCUT2D eigenvalue weighted by molar-refractivity contribution is 0.141. The minimum absolute atomic E-state index is 0.266. The summed E-state index contributed by atoms with van der Waals surface area (Å²) in [6.45, 7) is 4.77. The van der Waals surface area contributed by atoms with Crippen molar-refractivity contribution < 1.29 is 14.3 Å². The molecule has 0 saturated carbocycles. The third-order valence-corrected chi connectivity index (χ3v) is 3.14. The molecule has 0 spiro atoms. The summed E-state index contributed by atoms with van der Waals surface area (Å²) in [6, 6.07) is 17.2. The number of rotatable bonds is 8. The van der Waals surface area contributed by atoms with E-state index in [1.54, 1.807) is 6.08 Å². The van der Waals surface area contributed by atoms with Crippen LogP contribution in [0.2, 0.25) is 0 Å². The van der Waals surface area contributed by atoms with Gasteiger partial charge in [0.15, 0.2) is 0 Å². The lowest BCUT2D eigenvalue weighted by Crippen LogP contribution is -2.24. The zero-order valence-electron chi connectivity index (χ0n) is 13.5. The molecule has 0 unspecified atom stereocenters. The number of ether oxygens (including phenoxy) is 2. The third kappa shape index (κ3) is 6.40. The van der Waals surface area contributed by atoms with E-state index in [2.05, 4.69) is 11.9 Å². The summed E-state index contributed by atoms with van der Waals surface area (Å²) < 4.78 is 10.5. The van der Waals surface area contributed by atoms with Gasteiger partial charge in [0.05, 0.1) is 0 Å². The second-order valence-corrected chi connectivity index (χ2v) is 5.01. The minimum atomic E-state index is -0.434. The molecule has 0 fully saturated rings. The molecule has 124 valence electrons. The SMILES string of the molecule is C=CCOc1ccc(C=CCNC(=O)OCc2ccccc2)cc1. The van der Waals surface area contributed by atoms with Crippen molar-refractivity contribution in [3.8, 4) is 5.75 Å². The van der Waals surface area contributed by atoms with E-state index in [0.29, 0.717) is 13.2 Å². The lowest BCUT2D eigenvalue weighted by Gasteiger charge is -2.05. The molecule has 1 amide bonds. The van der Waals surface area contributed by atoms with Gasteiger partial charge in [0.25, 0.3) is 0 Å². The highest BCUT2D eigenvalue weighted by Gasteiger charge is 2.00. The van der Waals surface area contributed by atoms with Crippen molar-refractivity contribution >= 4 is 12.2 Å². The molecule has 4 nitrogen and oxygen atoms in total. The Morgan fingerprint density at radius 3 is 2.54 bits per heavy atom. The van der Waals surface area contributed by atoms with Crippen molar-refractivity contribution in [3.63, 3.8) is 0 Å². The fraction of sp³-hybridized carbons (Fsp3) is 0.150. The first kappa shape index (κ1) is 17.3. The van der Waals surface area contributed by atoms with Crippen molar-refractivity contribution in [2.24, 2.45) is 0 Å². The van der Waals surface area contributed by atoms with Gasteiger partial charge in [0.1, 0.15) is 19.0 Å². The molecule has 24 heavy (non-hydrogen) atoms. The van der Waals surface area contributed by atoms with Gasteiger partial charge in [-0.1, -0.05) is 67.3 Å². The Morgan fingerprint density at radius 1 is 1.08 bits per heavy atom. The Morgan fingerprint density at radius 2 is 1.83 bits per heavy atom. The van der Waals surface area contributed by atoms with Gasteiger partial charge in [-0.3, -0.25) is 0 Å². The highest BCUT2D eigenvalue weighted by molar-refractivity contribution is 5.67. The van der Waals surface area contributed by atoms with Crippen LogP contribution in [-0.2, 0) is 11.3 Å². The zero-order valence-corrected chi connectivity index (χ0v) is 13.5. The number of nitrogens with one attached hydrogen (secondary N) is 1. The van der Waals surface area contributed by atoms with E-state index in [9.17, 15) is 4.79 Å². The normalized spacial score (nSPS) is 10.3. The smallest absolute Gasteiger partial charge is 0.407 e. The van der Waals surface area contributed by atoms with Gasteiger partial charge < -0.3 is 14.8 Å². The summed E-state index contributed by atoms with van der Waals surface area (Å²) in [5.74, 6) is 0.801. The number of alkyl carbamates (subject to hydrolysis) is 1. The molecule has 2 rings (SSSR count). The van der Waals surface area contributed by atoms with Crippen LogP contribution in [0.4, 0.5) is 4.79 Å². The standard InChI is InChI=1S/C20H21NO3/c1-2-15-23-19-12-10-17(11-13-19)9-6-14-21-20(22)24-16-18-7-4-3-5-8-18/h2-13H,1,14-16H2,(H,21,22). The average Bonchev–Trinajstić information content (AvgIpc) is 2.63. The Kier molecular flexibility index (Phi) is 7.15. The fourth-order valence-electron chi connectivity index (χ4n) is 1.94. The molecule has 4 heteroatoms. The maximum Gasteiger partial charge on any atom is 0.407 e. The molecular formula is C20H21NO3. The van der Waals surface area contributed by atoms with Crippen molar-refractivity contribution in [1.29, 1.82) is 0 Å². The molecule has 2 aromatic rings. The van der Waals surface area contributed by atoms with Crippen LogP contribution in [0.1, 0.15) is 11.1 Å². The van der Waals surface area contributed by atoms with Crippen molar-refractivity contribution in [2.75, 3.05) is 13.2 Å². The minimum Gasteiger partial charge on any atom is -0.490 e. The summed E-state index contributed by atoms with van der Waals surface area (Å²) >= 11 is 0. The maximum atomic E-state index is 11.6. The molecule has 0 atom stereocenters. The number of amides is 1. The van der Waals surface area contributed by atoms with Crippen molar-refractivity contribution in [3.05, 3.63) is 84.5 Å². The van der Waals surface area contributed by atoms with Crippen molar-refractivity contribution in [2.45, 2.75) is 6.61 Å². The molecular weight excluding hydrogens is 302 g/mol. The molecule has 0 radical (unpaired) electrons. The average molecular weight is 323 g/mol. The molecule has 0 aromatic heterocycles. The van der Waals surface area contributed by atoms with E-state index < -0.39 is 6.09 Å². The Bertz CT molecular complexity index is 663. The quantitative estimate of drug-likeness (QED) is 0.741. The maximum absolute atomic E-state index is 11.6. The number of carbonyl (C=O) groups excluding carboxylic acids is 1. The first-order valence-corrected chi connectivity index (χ1v) is 7.73. The molecule has 2 aromatic carbocycles. The zero-order chi connectivity index (χ0) is 17.0. The molecule has 0 aliphatic heterocycles. The predicted octanol–water partition coefficient (Wildman–Crippen LogP) is 4.19. The second kappa shape index (κ2) is 9.90. The van der Waals surface area contributed by atoms with Gasteiger partial charge >= 0.3 is 6.09 Å². The molecule has 0 aliphatic carbocycles. The molecule has 1 N–H and O–H groups in total. The second-order valence-electron chi connectivity index (χ2n) is 5.01. The summed E-state index contributed by atoms with van der Waals surface area (Å²) in [7, 11) is 0. The summed E-state index contributed by atoms with van der Waals surface area (Å²) in [5.41, 5.74) is 1.99. The van der Waals surface area contributed by atoms with Crippen LogP contribution in [0.15, 0.2) is 73.3 Å².